The third kappa shape index (κ3) is 6.09. The lowest BCUT2D eigenvalue weighted by molar-refractivity contribution is -0.140. The minimum Gasteiger partial charge on any atom is -0.385 e. The van der Waals surface area contributed by atoms with Crippen molar-refractivity contribution in [3.05, 3.63) is 41.3 Å². The van der Waals surface area contributed by atoms with Gasteiger partial charge in [0, 0.05) is 57.9 Å². The highest BCUT2D eigenvalue weighted by Crippen LogP contribution is 2.31. The SMILES string of the molecule is COCCCN(Cc1c(C)nn(-c2cccc(F)c2)c1N1CCN(C)CC1)C(=O)C(C)(C)CCl. The van der Waals surface area contributed by atoms with Gasteiger partial charge in [0.2, 0.25) is 5.91 Å². The number of amides is 1. The van der Waals surface area contributed by atoms with Gasteiger partial charge in [0.15, 0.2) is 0 Å². The first-order valence-electron chi connectivity index (χ1n) is 11.8. The molecule has 0 unspecified atom stereocenters. The average Bonchev–Trinajstić information content (AvgIpc) is 3.14. The molecule has 0 atom stereocenters. The summed E-state index contributed by atoms with van der Waals surface area (Å²) < 4.78 is 21.2. The molecule has 0 spiro atoms. The molecule has 0 N–H and O–H groups in total. The number of methoxy groups -OCH3 is 1. The molecule has 7 nitrogen and oxygen atoms in total. The Bertz CT molecular complexity index is 972. The molecule has 0 saturated carbocycles. The van der Waals surface area contributed by atoms with Gasteiger partial charge in [0.05, 0.1) is 23.3 Å². The number of likely N-dealkylation sites (N-methyl/N-ethyl adjacent to an activating group) is 1. The quantitative estimate of drug-likeness (QED) is 0.373. The number of rotatable bonds is 10. The molecule has 1 amide bonds. The van der Waals surface area contributed by atoms with Crippen molar-refractivity contribution in [2.45, 2.75) is 33.7 Å². The summed E-state index contributed by atoms with van der Waals surface area (Å²) in [6.45, 7) is 10.7. The number of carbonyl (C=O) groups is 1. The molecule has 1 saturated heterocycles. The second-order valence-electron chi connectivity index (χ2n) is 9.66. The molecule has 34 heavy (non-hydrogen) atoms. The maximum absolute atomic E-state index is 14.1. The van der Waals surface area contributed by atoms with Crippen molar-refractivity contribution < 1.29 is 13.9 Å². The van der Waals surface area contributed by atoms with Crippen LogP contribution in [0.4, 0.5) is 10.2 Å². The Kier molecular flexibility index (Phi) is 8.95. The zero-order valence-corrected chi connectivity index (χ0v) is 21.7. The largest absolute Gasteiger partial charge is 0.385 e. The molecule has 1 aliphatic rings. The summed E-state index contributed by atoms with van der Waals surface area (Å²) in [6.07, 6.45) is 0.724. The summed E-state index contributed by atoms with van der Waals surface area (Å²) in [4.78, 5) is 19.9. The summed E-state index contributed by atoms with van der Waals surface area (Å²) in [5.41, 5.74) is 1.78. The average molecular weight is 494 g/mol. The zero-order valence-electron chi connectivity index (χ0n) is 21.0. The molecular weight excluding hydrogens is 457 g/mol. The van der Waals surface area contributed by atoms with Gasteiger partial charge in [0.25, 0.3) is 0 Å². The summed E-state index contributed by atoms with van der Waals surface area (Å²) in [5, 5.41) is 4.81. The van der Waals surface area contributed by atoms with E-state index in [1.807, 2.05) is 36.4 Å². The van der Waals surface area contributed by atoms with Crippen LogP contribution in [0, 0.1) is 18.2 Å². The lowest BCUT2D eigenvalue weighted by Gasteiger charge is -2.36. The first kappa shape index (κ1) is 26.4. The lowest BCUT2D eigenvalue weighted by Crippen LogP contribution is -2.46. The third-order valence-corrected chi connectivity index (χ3v) is 7.01. The summed E-state index contributed by atoms with van der Waals surface area (Å²) in [5.74, 6) is 0.849. The van der Waals surface area contributed by atoms with Crippen LogP contribution in [0.2, 0.25) is 0 Å². The van der Waals surface area contributed by atoms with Crippen molar-refractivity contribution in [3.63, 3.8) is 0 Å². The van der Waals surface area contributed by atoms with E-state index in [0.717, 1.165) is 49.7 Å². The topological polar surface area (TPSA) is 53.8 Å². The minimum absolute atomic E-state index is 0.000774. The van der Waals surface area contributed by atoms with Crippen LogP contribution in [0.1, 0.15) is 31.5 Å². The van der Waals surface area contributed by atoms with Gasteiger partial charge in [0.1, 0.15) is 11.6 Å². The summed E-state index contributed by atoms with van der Waals surface area (Å²) in [6, 6.07) is 6.48. The molecule has 1 aromatic heterocycles. The molecule has 2 aromatic rings. The van der Waals surface area contributed by atoms with E-state index in [1.165, 1.54) is 12.1 Å². The Hall–Kier alpha value is -2.16. The predicted molar refractivity (Wildman–Crippen MR) is 134 cm³/mol. The summed E-state index contributed by atoms with van der Waals surface area (Å²) >= 11 is 6.16. The third-order valence-electron chi connectivity index (χ3n) is 6.34. The number of anilines is 1. The van der Waals surface area contributed by atoms with Crippen LogP contribution in [-0.2, 0) is 16.1 Å². The second-order valence-corrected chi connectivity index (χ2v) is 9.93. The first-order chi connectivity index (χ1) is 16.2. The van der Waals surface area contributed by atoms with Crippen molar-refractivity contribution in [3.8, 4) is 5.69 Å². The van der Waals surface area contributed by atoms with Gasteiger partial charge in [-0.3, -0.25) is 4.79 Å². The number of aryl methyl sites for hydroxylation is 1. The number of alkyl halides is 1. The van der Waals surface area contributed by atoms with Crippen LogP contribution in [0.15, 0.2) is 24.3 Å². The number of piperazine rings is 1. The van der Waals surface area contributed by atoms with Gasteiger partial charge in [-0.2, -0.15) is 5.10 Å². The molecule has 188 valence electrons. The lowest BCUT2D eigenvalue weighted by atomic mass is 9.94. The number of aromatic nitrogens is 2. The standard InChI is InChI=1S/C25H37ClFN5O2/c1-19-22(17-31(10-7-15-34-5)24(33)25(2,3)18-26)23(30-13-11-29(4)12-14-30)32(28-19)21-9-6-8-20(27)16-21/h6,8-9,16H,7,10-15,17-18H2,1-5H3. The fourth-order valence-electron chi connectivity index (χ4n) is 4.19. The maximum atomic E-state index is 14.1. The first-order valence-corrected chi connectivity index (χ1v) is 12.3. The highest BCUT2D eigenvalue weighted by molar-refractivity contribution is 6.19. The van der Waals surface area contributed by atoms with Crippen LogP contribution in [0.25, 0.3) is 5.69 Å². The van der Waals surface area contributed by atoms with Crippen molar-refractivity contribution in [2.75, 3.05) is 64.3 Å². The van der Waals surface area contributed by atoms with Crippen molar-refractivity contribution in [1.82, 2.24) is 19.6 Å². The smallest absolute Gasteiger partial charge is 0.229 e. The number of ether oxygens (including phenoxy) is 1. The Morgan fingerprint density at radius 2 is 1.97 bits per heavy atom. The van der Waals surface area contributed by atoms with Crippen LogP contribution in [0.3, 0.4) is 0 Å². The summed E-state index contributed by atoms with van der Waals surface area (Å²) in [7, 11) is 3.77. The van der Waals surface area contributed by atoms with Gasteiger partial charge in [-0.05, 0) is 52.4 Å². The zero-order chi connectivity index (χ0) is 24.9. The van der Waals surface area contributed by atoms with Crippen molar-refractivity contribution in [2.24, 2.45) is 5.41 Å². The van der Waals surface area contributed by atoms with E-state index in [1.54, 1.807) is 13.2 Å². The maximum Gasteiger partial charge on any atom is 0.229 e. The Morgan fingerprint density at radius 3 is 2.59 bits per heavy atom. The molecule has 0 radical (unpaired) electrons. The molecule has 1 aliphatic heterocycles. The number of nitrogens with zero attached hydrogens (tertiary/aromatic N) is 5. The minimum atomic E-state index is -0.685. The molecule has 0 bridgehead atoms. The number of hydrogen-bond donors (Lipinski definition) is 0. The normalized spacial score (nSPS) is 15.1. The highest BCUT2D eigenvalue weighted by atomic mass is 35.5. The molecule has 1 aromatic carbocycles. The van der Waals surface area contributed by atoms with Gasteiger partial charge in [-0.25, -0.2) is 9.07 Å². The van der Waals surface area contributed by atoms with Gasteiger partial charge in [-0.15, -0.1) is 11.6 Å². The van der Waals surface area contributed by atoms with Crippen molar-refractivity contribution >= 4 is 23.3 Å². The molecule has 2 heterocycles. The predicted octanol–water partition coefficient (Wildman–Crippen LogP) is 3.70. The Morgan fingerprint density at radius 1 is 1.26 bits per heavy atom. The van der Waals surface area contributed by atoms with Crippen molar-refractivity contribution in [1.29, 1.82) is 0 Å². The second kappa shape index (κ2) is 11.5. The van der Waals surface area contributed by atoms with Gasteiger partial charge >= 0.3 is 0 Å². The molecule has 1 fully saturated rings. The van der Waals surface area contributed by atoms with E-state index in [0.29, 0.717) is 25.4 Å². The number of hydrogen-bond acceptors (Lipinski definition) is 5. The van der Waals surface area contributed by atoms with E-state index in [2.05, 4.69) is 16.8 Å². The fraction of sp³-hybridized carbons (Fsp3) is 0.600. The van der Waals surface area contributed by atoms with Crippen LogP contribution in [0.5, 0.6) is 0 Å². The number of carbonyl (C=O) groups excluding carboxylic acids is 1. The number of benzene rings is 1. The molecular formula is C25H37ClFN5O2. The van der Waals surface area contributed by atoms with E-state index in [-0.39, 0.29) is 17.6 Å². The molecule has 3 rings (SSSR count). The van der Waals surface area contributed by atoms with Gasteiger partial charge in [-0.1, -0.05) is 6.07 Å². The Labute approximate surface area is 207 Å². The highest BCUT2D eigenvalue weighted by Gasteiger charge is 2.33. The van der Waals surface area contributed by atoms with Crippen LogP contribution >= 0.6 is 11.6 Å². The van der Waals surface area contributed by atoms with Gasteiger partial charge < -0.3 is 19.4 Å². The van der Waals surface area contributed by atoms with Crippen LogP contribution < -0.4 is 4.90 Å². The monoisotopic (exact) mass is 493 g/mol. The van der Waals surface area contributed by atoms with E-state index >= 15 is 0 Å². The van der Waals surface area contributed by atoms with E-state index < -0.39 is 5.41 Å². The number of halogens is 2. The van der Waals surface area contributed by atoms with E-state index in [9.17, 15) is 9.18 Å². The van der Waals surface area contributed by atoms with E-state index in [4.69, 9.17) is 21.4 Å². The van der Waals surface area contributed by atoms with Crippen LogP contribution in [-0.4, -0.2) is 84.9 Å². The Balaban J connectivity index is 2.04. The fourth-order valence-corrected chi connectivity index (χ4v) is 4.31. The molecule has 9 heteroatoms. The molecule has 0 aliphatic carbocycles.